The van der Waals surface area contributed by atoms with Gasteiger partial charge in [0, 0.05) is 24.4 Å². The van der Waals surface area contributed by atoms with E-state index in [4.69, 9.17) is 4.74 Å². The van der Waals surface area contributed by atoms with E-state index in [0.29, 0.717) is 34.7 Å². The number of carbonyl (C=O) groups excluding carboxylic acids is 3. The molecule has 1 aliphatic heterocycles. The molecule has 2 atom stereocenters. The lowest BCUT2D eigenvalue weighted by Crippen LogP contribution is -2.33. The van der Waals surface area contributed by atoms with Gasteiger partial charge in [-0.1, -0.05) is 18.7 Å². The Morgan fingerprint density at radius 1 is 1.34 bits per heavy atom. The average molecular weight is 438 g/mol. The summed E-state index contributed by atoms with van der Waals surface area (Å²) in [5.74, 6) is -0.235. The lowest BCUT2D eigenvalue weighted by molar-refractivity contribution is -0.128. The van der Waals surface area contributed by atoms with Crippen molar-refractivity contribution in [1.82, 2.24) is 4.90 Å². The second kappa shape index (κ2) is 9.30. The highest BCUT2D eigenvalue weighted by atomic mass is 32.2. The van der Waals surface area contributed by atoms with Gasteiger partial charge in [0.05, 0.1) is 12.7 Å². The molecule has 29 heavy (non-hydrogen) atoms. The summed E-state index contributed by atoms with van der Waals surface area (Å²) in [6.45, 7) is 7.12. The molecule has 0 bridgehead atoms. The van der Waals surface area contributed by atoms with Crippen LogP contribution in [0.15, 0.2) is 4.99 Å². The van der Waals surface area contributed by atoms with Crippen LogP contribution < -0.4 is 5.32 Å². The number of esters is 1. The molecule has 1 aliphatic carbocycles. The maximum Gasteiger partial charge on any atom is 0.341 e. The monoisotopic (exact) mass is 437 g/mol. The van der Waals surface area contributed by atoms with Gasteiger partial charge in [-0.2, -0.15) is 0 Å². The second-order valence-electron chi connectivity index (χ2n) is 7.25. The van der Waals surface area contributed by atoms with Gasteiger partial charge in [0.1, 0.15) is 10.3 Å². The first-order valence-electron chi connectivity index (χ1n) is 9.94. The number of nitrogens with zero attached hydrogens (tertiary/aromatic N) is 2. The molecule has 2 heterocycles. The van der Waals surface area contributed by atoms with Gasteiger partial charge in [-0.05, 0) is 44.6 Å². The molecule has 2 unspecified atom stereocenters. The number of aliphatic imine (C=N–C) groups is 1. The van der Waals surface area contributed by atoms with Gasteiger partial charge in [-0.3, -0.25) is 19.5 Å². The summed E-state index contributed by atoms with van der Waals surface area (Å²) in [4.78, 5) is 44.8. The summed E-state index contributed by atoms with van der Waals surface area (Å²) in [5, 5.41) is 3.60. The number of fused-ring (bicyclic) bond motifs is 1. The third-order valence-corrected chi connectivity index (χ3v) is 7.54. The molecule has 0 radical (unpaired) electrons. The van der Waals surface area contributed by atoms with Crippen molar-refractivity contribution in [2.45, 2.75) is 51.7 Å². The lowest BCUT2D eigenvalue weighted by atomic mass is 9.88. The molecule has 0 aromatic carbocycles. The van der Waals surface area contributed by atoms with Gasteiger partial charge in [-0.25, -0.2) is 4.79 Å². The fraction of sp³-hybridized carbons (Fsp3) is 0.600. The van der Waals surface area contributed by atoms with Crippen molar-refractivity contribution in [2.24, 2.45) is 10.9 Å². The number of thiophene rings is 1. The summed E-state index contributed by atoms with van der Waals surface area (Å²) in [5.41, 5.74) is 1.47. The van der Waals surface area contributed by atoms with Crippen molar-refractivity contribution < 1.29 is 19.1 Å². The van der Waals surface area contributed by atoms with Crippen LogP contribution in [0.4, 0.5) is 5.00 Å². The Labute approximate surface area is 179 Å². The highest BCUT2D eigenvalue weighted by molar-refractivity contribution is 8.15. The first-order valence-corrected chi connectivity index (χ1v) is 11.6. The van der Waals surface area contributed by atoms with Crippen LogP contribution in [-0.4, -0.2) is 53.3 Å². The average Bonchev–Trinajstić information content (AvgIpc) is 3.17. The minimum atomic E-state index is -0.489. The van der Waals surface area contributed by atoms with Crippen molar-refractivity contribution in [1.29, 1.82) is 0 Å². The Hall–Kier alpha value is -1.87. The van der Waals surface area contributed by atoms with Crippen LogP contribution in [0.1, 0.15) is 54.4 Å². The molecule has 7 nitrogen and oxygen atoms in total. The number of amides is 2. The molecule has 0 saturated carbocycles. The van der Waals surface area contributed by atoms with Crippen LogP contribution in [0.2, 0.25) is 0 Å². The molecule has 1 fully saturated rings. The van der Waals surface area contributed by atoms with E-state index in [1.54, 1.807) is 4.90 Å². The number of rotatable bonds is 6. The quantitative estimate of drug-likeness (QED) is 0.690. The maximum atomic E-state index is 12.7. The van der Waals surface area contributed by atoms with Crippen molar-refractivity contribution in [3.63, 3.8) is 0 Å². The lowest BCUT2D eigenvalue weighted by Gasteiger charge is -2.18. The van der Waals surface area contributed by atoms with E-state index >= 15 is 0 Å². The molecule has 1 aromatic rings. The molecule has 2 amide bonds. The highest BCUT2D eigenvalue weighted by Crippen LogP contribution is 2.40. The molecule has 2 aliphatic rings. The Bertz CT molecular complexity index is 849. The van der Waals surface area contributed by atoms with E-state index in [0.717, 1.165) is 29.7 Å². The third kappa shape index (κ3) is 4.50. The number of thioether (sulfide) groups is 1. The highest BCUT2D eigenvalue weighted by Gasteiger charge is 2.38. The summed E-state index contributed by atoms with van der Waals surface area (Å²) < 4.78 is 4.97. The normalized spacial score (nSPS) is 22.7. The largest absolute Gasteiger partial charge is 0.465 e. The van der Waals surface area contributed by atoms with Crippen LogP contribution in [0.25, 0.3) is 0 Å². The molecule has 9 heteroatoms. The van der Waals surface area contributed by atoms with Crippen LogP contribution in [0.3, 0.4) is 0 Å². The number of nitrogens with one attached hydrogen (secondary N) is 1. The van der Waals surface area contributed by atoms with Crippen LogP contribution in [0, 0.1) is 5.92 Å². The van der Waals surface area contributed by atoms with E-state index in [-0.39, 0.29) is 18.2 Å². The summed E-state index contributed by atoms with van der Waals surface area (Å²) in [6.07, 6.45) is 2.77. The van der Waals surface area contributed by atoms with Crippen LogP contribution in [0.5, 0.6) is 0 Å². The van der Waals surface area contributed by atoms with Crippen molar-refractivity contribution in [3.05, 3.63) is 16.0 Å². The second-order valence-corrected chi connectivity index (χ2v) is 9.52. The Balaban J connectivity index is 1.77. The minimum Gasteiger partial charge on any atom is -0.465 e. The van der Waals surface area contributed by atoms with Crippen LogP contribution >= 0.6 is 23.1 Å². The third-order valence-electron chi connectivity index (χ3n) is 5.15. The fourth-order valence-electron chi connectivity index (χ4n) is 3.69. The van der Waals surface area contributed by atoms with Gasteiger partial charge >= 0.3 is 5.97 Å². The number of hydrogen-bond donors (Lipinski definition) is 1. The van der Waals surface area contributed by atoms with Gasteiger partial charge in [-0.15, -0.1) is 11.3 Å². The zero-order chi connectivity index (χ0) is 21.1. The molecule has 3 rings (SSSR count). The Morgan fingerprint density at radius 2 is 2.10 bits per heavy atom. The number of anilines is 1. The smallest absolute Gasteiger partial charge is 0.341 e. The first kappa shape index (κ1) is 21.8. The van der Waals surface area contributed by atoms with Gasteiger partial charge in [0.15, 0.2) is 5.17 Å². The zero-order valence-corrected chi connectivity index (χ0v) is 18.9. The first-order chi connectivity index (χ1) is 13.9. The molecule has 1 aromatic heterocycles. The van der Waals surface area contributed by atoms with Crippen LogP contribution in [-0.2, 0) is 27.2 Å². The van der Waals surface area contributed by atoms with E-state index in [2.05, 4.69) is 17.2 Å². The van der Waals surface area contributed by atoms with E-state index < -0.39 is 11.2 Å². The minimum absolute atomic E-state index is 0.0440. The summed E-state index contributed by atoms with van der Waals surface area (Å²) >= 11 is 2.79. The zero-order valence-electron chi connectivity index (χ0n) is 17.2. The number of hydrogen-bond acceptors (Lipinski definition) is 7. The van der Waals surface area contributed by atoms with E-state index in [9.17, 15) is 14.4 Å². The number of carbonyl (C=O) groups is 3. The van der Waals surface area contributed by atoms with Gasteiger partial charge in [0.25, 0.3) is 0 Å². The Kier molecular flexibility index (Phi) is 7.00. The van der Waals surface area contributed by atoms with Crippen molar-refractivity contribution >= 4 is 51.1 Å². The van der Waals surface area contributed by atoms with Gasteiger partial charge < -0.3 is 10.1 Å². The summed E-state index contributed by atoms with van der Waals surface area (Å²) in [7, 11) is 1.35. The molecular formula is C20H27N3O4S2. The maximum absolute atomic E-state index is 12.7. The topological polar surface area (TPSA) is 88.1 Å². The molecule has 0 spiro atoms. The number of ether oxygens (including phenoxy) is 1. The standard InChI is InChI=1S/C20H27N3O4S2/c1-5-21-20-23(6-2)18(25)14(29-20)10-15(24)22-17-16(19(26)27-4)12-8-7-11(3)9-13(12)28-17/h11,14H,5-10H2,1-4H3,(H,22,24). The summed E-state index contributed by atoms with van der Waals surface area (Å²) in [6, 6.07) is 0. The van der Waals surface area contributed by atoms with E-state index in [1.165, 1.54) is 30.2 Å². The Morgan fingerprint density at radius 3 is 2.76 bits per heavy atom. The number of methoxy groups -OCH3 is 1. The molecule has 1 saturated heterocycles. The number of amidine groups is 1. The van der Waals surface area contributed by atoms with Crippen molar-refractivity contribution in [2.75, 3.05) is 25.5 Å². The predicted octanol–water partition coefficient (Wildman–Crippen LogP) is 3.33. The predicted molar refractivity (Wildman–Crippen MR) is 117 cm³/mol. The fourth-order valence-corrected chi connectivity index (χ4v) is 6.37. The molecular weight excluding hydrogens is 410 g/mol. The molecule has 1 N–H and O–H groups in total. The van der Waals surface area contributed by atoms with Gasteiger partial charge in [0.2, 0.25) is 11.8 Å². The SMILES string of the molecule is CCN=C1SC(CC(=O)Nc2sc3c(c2C(=O)OC)CCC(C)C3)C(=O)N1CC. The van der Waals surface area contributed by atoms with Crippen molar-refractivity contribution in [3.8, 4) is 0 Å². The molecule has 158 valence electrons. The van der Waals surface area contributed by atoms with E-state index in [1.807, 2.05) is 13.8 Å².